The number of nitrogens with zero attached hydrogens (tertiary/aromatic N) is 1. The van der Waals surface area contributed by atoms with E-state index in [4.69, 9.17) is 4.74 Å². The van der Waals surface area contributed by atoms with Crippen LogP contribution in [0.25, 0.3) is 0 Å². The Morgan fingerprint density at radius 2 is 1.90 bits per heavy atom. The highest BCUT2D eigenvalue weighted by Gasteiger charge is 2.23. The number of ether oxygens (including phenoxy) is 1. The Hall–Kier alpha value is -0.160. The van der Waals surface area contributed by atoms with Crippen molar-refractivity contribution >= 4 is 0 Å². The Bertz CT molecular complexity index is 225. The van der Waals surface area contributed by atoms with Crippen LogP contribution in [0.3, 0.4) is 0 Å². The van der Waals surface area contributed by atoms with Gasteiger partial charge in [-0.25, -0.2) is 0 Å². The van der Waals surface area contributed by atoms with E-state index < -0.39 is 0 Å². The summed E-state index contributed by atoms with van der Waals surface area (Å²) in [6, 6.07) is 0.408. The zero-order valence-corrected chi connectivity index (χ0v) is 14.2. The Labute approximate surface area is 125 Å². The largest absolute Gasteiger partial charge is 0.394 e. The van der Waals surface area contributed by atoms with Crippen LogP contribution in [-0.2, 0) is 4.74 Å². The lowest BCUT2D eigenvalue weighted by atomic mass is 9.94. The third kappa shape index (κ3) is 9.70. The summed E-state index contributed by atoms with van der Waals surface area (Å²) in [5.74, 6) is 0. The predicted octanol–water partition coefficient (Wildman–Crippen LogP) is 2.26. The lowest BCUT2D eigenvalue weighted by Gasteiger charge is -2.31. The third-order valence-electron chi connectivity index (χ3n) is 3.64. The molecule has 122 valence electrons. The summed E-state index contributed by atoms with van der Waals surface area (Å²) in [7, 11) is 0. The maximum atomic E-state index is 9.54. The van der Waals surface area contributed by atoms with Gasteiger partial charge in [-0.1, -0.05) is 27.2 Å². The number of hydrogen-bond acceptors (Lipinski definition) is 4. The average molecular weight is 288 g/mol. The van der Waals surface area contributed by atoms with E-state index in [9.17, 15) is 5.11 Å². The summed E-state index contributed by atoms with van der Waals surface area (Å²) in [5.41, 5.74) is -0.142. The second kappa shape index (κ2) is 11.5. The standard InChI is InChI=1S/C16H36N2O2/c1-6-18(12-13-20-7-2)11-9-8-10-16(5,14-19)17-15(3)4/h15,17,19H,6-14H2,1-5H3. The minimum atomic E-state index is -0.142. The lowest BCUT2D eigenvalue weighted by Crippen LogP contribution is -2.49. The molecule has 0 aromatic carbocycles. The molecule has 0 aliphatic carbocycles. The van der Waals surface area contributed by atoms with Gasteiger partial charge >= 0.3 is 0 Å². The molecule has 0 saturated heterocycles. The summed E-state index contributed by atoms with van der Waals surface area (Å²) in [5, 5.41) is 13.0. The zero-order chi connectivity index (χ0) is 15.4. The fraction of sp³-hybridized carbons (Fsp3) is 1.00. The molecule has 0 heterocycles. The van der Waals surface area contributed by atoms with Crippen molar-refractivity contribution in [3.63, 3.8) is 0 Å². The van der Waals surface area contributed by atoms with E-state index >= 15 is 0 Å². The van der Waals surface area contributed by atoms with Crippen molar-refractivity contribution in [3.8, 4) is 0 Å². The Balaban J connectivity index is 3.85. The van der Waals surface area contributed by atoms with Gasteiger partial charge in [0, 0.05) is 24.7 Å². The van der Waals surface area contributed by atoms with Gasteiger partial charge in [0.2, 0.25) is 0 Å². The lowest BCUT2D eigenvalue weighted by molar-refractivity contribution is 0.113. The minimum absolute atomic E-state index is 0.142. The number of aliphatic hydroxyl groups excluding tert-OH is 1. The second-order valence-electron chi connectivity index (χ2n) is 6.11. The van der Waals surface area contributed by atoms with Crippen molar-refractivity contribution < 1.29 is 9.84 Å². The summed E-state index contributed by atoms with van der Waals surface area (Å²) in [4.78, 5) is 2.43. The summed E-state index contributed by atoms with van der Waals surface area (Å²) in [6.07, 6.45) is 3.34. The molecular weight excluding hydrogens is 252 g/mol. The summed E-state index contributed by atoms with van der Waals surface area (Å²) < 4.78 is 5.40. The van der Waals surface area contributed by atoms with Crippen LogP contribution in [-0.4, -0.2) is 61.0 Å². The van der Waals surface area contributed by atoms with Gasteiger partial charge in [-0.2, -0.15) is 0 Å². The van der Waals surface area contributed by atoms with Gasteiger partial charge in [0.05, 0.1) is 13.2 Å². The molecule has 20 heavy (non-hydrogen) atoms. The van der Waals surface area contributed by atoms with E-state index in [1.807, 2.05) is 6.92 Å². The van der Waals surface area contributed by atoms with Gasteiger partial charge in [-0.15, -0.1) is 0 Å². The van der Waals surface area contributed by atoms with Gasteiger partial charge in [-0.3, -0.25) is 0 Å². The molecule has 0 aliphatic heterocycles. The van der Waals surface area contributed by atoms with Crippen LogP contribution in [0, 0.1) is 0 Å². The summed E-state index contributed by atoms with van der Waals surface area (Å²) in [6.45, 7) is 15.6. The number of likely N-dealkylation sites (N-methyl/N-ethyl adjacent to an activating group) is 1. The Morgan fingerprint density at radius 1 is 1.20 bits per heavy atom. The molecule has 0 spiro atoms. The molecule has 0 rings (SSSR count). The zero-order valence-electron chi connectivity index (χ0n) is 14.2. The fourth-order valence-electron chi connectivity index (χ4n) is 2.51. The van der Waals surface area contributed by atoms with Gasteiger partial charge in [0.15, 0.2) is 0 Å². The molecule has 1 unspecified atom stereocenters. The maximum Gasteiger partial charge on any atom is 0.0610 e. The molecule has 0 amide bonds. The Morgan fingerprint density at radius 3 is 2.40 bits per heavy atom. The molecule has 0 fully saturated rings. The first-order valence-electron chi connectivity index (χ1n) is 8.16. The average Bonchev–Trinajstić information content (AvgIpc) is 2.41. The first-order chi connectivity index (χ1) is 9.47. The molecule has 0 aromatic heterocycles. The Kier molecular flexibility index (Phi) is 11.4. The molecule has 0 radical (unpaired) electrons. The summed E-state index contributed by atoms with van der Waals surface area (Å²) >= 11 is 0. The quantitative estimate of drug-likeness (QED) is 0.510. The number of hydrogen-bond donors (Lipinski definition) is 2. The van der Waals surface area contributed by atoms with Crippen molar-refractivity contribution in [1.82, 2.24) is 10.2 Å². The highest BCUT2D eigenvalue weighted by Crippen LogP contribution is 2.14. The van der Waals surface area contributed by atoms with Crippen LogP contribution in [0.1, 0.15) is 53.9 Å². The topological polar surface area (TPSA) is 44.7 Å². The fourth-order valence-corrected chi connectivity index (χ4v) is 2.51. The van der Waals surface area contributed by atoms with Gasteiger partial charge in [0.1, 0.15) is 0 Å². The molecule has 2 N–H and O–H groups in total. The van der Waals surface area contributed by atoms with E-state index in [0.29, 0.717) is 6.04 Å². The third-order valence-corrected chi connectivity index (χ3v) is 3.64. The van der Waals surface area contributed by atoms with E-state index in [2.05, 4.69) is 37.9 Å². The van der Waals surface area contributed by atoms with Crippen molar-refractivity contribution in [2.45, 2.75) is 65.5 Å². The normalized spacial score (nSPS) is 15.0. The minimum Gasteiger partial charge on any atom is -0.394 e. The molecule has 0 saturated carbocycles. The van der Waals surface area contributed by atoms with Gasteiger partial charge < -0.3 is 20.1 Å². The maximum absolute atomic E-state index is 9.54. The first-order valence-corrected chi connectivity index (χ1v) is 8.16. The van der Waals surface area contributed by atoms with Crippen molar-refractivity contribution in [2.24, 2.45) is 0 Å². The molecule has 0 aliphatic rings. The van der Waals surface area contributed by atoms with Crippen LogP contribution < -0.4 is 5.32 Å². The van der Waals surface area contributed by atoms with E-state index in [1.165, 1.54) is 6.42 Å². The van der Waals surface area contributed by atoms with E-state index in [1.54, 1.807) is 0 Å². The van der Waals surface area contributed by atoms with Crippen LogP contribution in [0.5, 0.6) is 0 Å². The predicted molar refractivity (Wildman–Crippen MR) is 86.2 cm³/mol. The molecule has 0 bridgehead atoms. The van der Waals surface area contributed by atoms with E-state index in [-0.39, 0.29) is 12.1 Å². The molecule has 4 heteroatoms. The molecule has 4 nitrogen and oxygen atoms in total. The monoisotopic (exact) mass is 288 g/mol. The molecular formula is C16H36N2O2. The SMILES string of the molecule is CCOCCN(CC)CCCCC(C)(CO)NC(C)C. The van der Waals surface area contributed by atoms with Crippen LogP contribution >= 0.6 is 0 Å². The molecule has 0 aromatic rings. The van der Waals surface area contributed by atoms with Gasteiger partial charge in [-0.05, 0) is 39.8 Å². The highest BCUT2D eigenvalue weighted by atomic mass is 16.5. The number of unbranched alkanes of at least 4 members (excludes halogenated alkanes) is 1. The van der Waals surface area contributed by atoms with Crippen molar-refractivity contribution in [3.05, 3.63) is 0 Å². The second-order valence-corrected chi connectivity index (χ2v) is 6.11. The molecule has 1 atom stereocenters. The van der Waals surface area contributed by atoms with E-state index in [0.717, 1.165) is 45.7 Å². The number of rotatable bonds is 13. The van der Waals surface area contributed by atoms with Crippen LogP contribution in [0.4, 0.5) is 0 Å². The van der Waals surface area contributed by atoms with Crippen molar-refractivity contribution in [1.29, 1.82) is 0 Å². The number of aliphatic hydroxyl groups is 1. The van der Waals surface area contributed by atoms with Crippen LogP contribution in [0.15, 0.2) is 0 Å². The smallest absolute Gasteiger partial charge is 0.0610 e. The van der Waals surface area contributed by atoms with Gasteiger partial charge in [0.25, 0.3) is 0 Å². The van der Waals surface area contributed by atoms with Crippen LogP contribution in [0.2, 0.25) is 0 Å². The number of nitrogens with one attached hydrogen (secondary N) is 1. The highest BCUT2D eigenvalue weighted by molar-refractivity contribution is 4.83. The first kappa shape index (κ1) is 19.8. The van der Waals surface area contributed by atoms with Crippen molar-refractivity contribution in [2.75, 3.05) is 39.5 Å².